The fourth-order valence-corrected chi connectivity index (χ4v) is 2.86. The number of nitrogens with one attached hydrogen (secondary N) is 1. The number of benzene rings is 2. The summed E-state index contributed by atoms with van der Waals surface area (Å²) in [6.45, 7) is 1.93. The quantitative estimate of drug-likeness (QED) is 0.564. The Labute approximate surface area is 131 Å². The average molecular weight is 310 g/mol. The number of para-hydroxylation sites is 1. The van der Waals surface area contributed by atoms with Gasteiger partial charge in [0.2, 0.25) is 11.1 Å². The second kappa shape index (κ2) is 5.95. The summed E-state index contributed by atoms with van der Waals surface area (Å²) in [5, 5.41) is 3.09. The van der Waals surface area contributed by atoms with Crippen LogP contribution >= 0.6 is 11.3 Å². The van der Waals surface area contributed by atoms with E-state index in [-0.39, 0.29) is 11.9 Å². The fourth-order valence-electron chi connectivity index (χ4n) is 2.01. The van der Waals surface area contributed by atoms with Gasteiger partial charge < -0.3 is 5.73 Å². The molecule has 3 rings (SSSR count). The summed E-state index contributed by atoms with van der Waals surface area (Å²) >= 11 is 1.42. The van der Waals surface area contributed by atoms with E-state index in [2.05, 4.69) is 15.3 Å². The van der Waals surface area contributed by atoms with Gasteiger partial charge in [-0.3, -0.25) is 10.1 Å². The molecule has 0 bridgehead atoms. The maximum Gasteiger partial charge on any atom is 0.257 e. The minimum Gasteiger partial charge on any atom is -0.369 e. The minimum absolute atomic E-state index is 0.0329. The highest BCUT2D eigenvalue weighted by Crippen LogP contribution is 2.27. The van der Waals surface area contributed by atoms with Gasteiger partial charge in [-0.05, 0) is 31.2 Å². The van der Waals surface area contributed by atoms with Crippen molar-refractivity contribution < 1.29 is 4.79 Å². The minimum atomic E-state index is -0.286. The first-order chi connectivity index (χ1) is 10.6. The van der Waals surface area contributed by atoms with Crippen LogP contribution in [0.5, 0.6) is 0 Å². The lowest BCUT2D eigenvalue weighted by molar-refractivity contribution is 0.0976. The monoisotopic (exact) mass is 310 g/mol. The van der Waals surface area contributed by atoms with E-state index < -0.39 is 0 Å². The first-order valence-corrected chi connectivity index (χ1v) is 7.51. The highest BCUT2D eigenvalue weighted by Gasteiger charge is 2.08. The van der Waals surface area contributed by atoms with E-state index in [0.717, 1.165) is 15.8 Å². The van der Waals surface area contributed by atoms with Gasteiger partial charge in [-0.15, -0.1) is 0 Å². The molecule has 22 heavy (non-hydrogen) atoms. The predicted octanol–water partition coefficient (Wildman–Crippen LogP) is 2.98. The molecule has 0 aliphatic rings. The van der Waals surface area contributed by atoms with Crippen LogP contribution in [0.4, 0.5) is 5.13 Å². The molecule has 0 spiro atoms. The lowest BCUT2D eigenvalue weighted by atomic mass is 10.1. The van der Waals surface area contributed by atoms with Gasteiger partial charge in [-0.25, -0.2) is 4.98 Å². The molecular weight excluding hydrogens is 296 g/mol. The van der Waals surface area contributed by atoms with Crippen LogP contribution < -0.4 is 11.1 Å². The highest BCUT2D eigenvalue weighted by atomic mass is 32.1. The molecule has 110 valence electrons. The number of carbonyl (C=O) groups excluding carboxylic acids is 1. The average Bonchev–Trinajstić information content (AvgIpc) is 2.89. The van der Waals surface area contributed by atoms with Crippen molar-refractivity contribution in [2.45, 2.75) is 6.92 Å². The van der Waals surface area contributed by atoms with Crippen LogP contribution in [0, 0.1) is 6.92 Å². The van der Waals surface area contributed by atoms with Crippen LogP contribution in [0.3, 0.4) is 0 Å². The van der Waals surface area contributed by atoms with Gasteiger partial charge >= 0.3 is 0 Å². The Morgan fingerprint density at radius 1 is 1.23 bits per heavy atom. The Kier molecular flexibility index (Phi) is 3.84. The predicted molar refractivity (Wildman–Crippen MR) is 89.5 cm³/mol. The molecule has 5 nitrogen and oxygen atoms in total. The van der Waals surface area contributed by atoms with E-state index in [0.29, 0.717) is 10.7 Å². The maximum absolute atomic E-state index is 12.1. The molecule has 0 saturated heterocycles. The fraction of sp³-hybridized carbons (Fsp3) is 0.0625. The number of rotatable bonds is 2. The molecule has 1 heterocycles. The van der Waals surface area contributed by atoms with Crippen LogP contribution in [0.1, 0.15) is 15.9 Å². The van der Waals surface area contributed by atoms with Crippen LogP contribution in [0.2, 0.25) is 0 Å². The maximum atomic E-state index is 12.1. The number of guanidine groups is 1. The molecule has 3 N–H and O–H groups in total. The Hall–Kier alpha value is -2.73. The van der Waals surface area contributed by atoms with E-state index >= 15 is 0 Å². The summed E-state index contributed by atoms with van der Waals surface area (Å²) in [5.74, 6) is -0.253. The van der Waals surface area contributed by atoms with Gasteiger partial charge in [0.25, 0.3) is 5.91 Å². The molecule has 0 radical (unpaired) electrons. The molecule has 0 fully saturated rings. The zero-order chi connectivity index (χ0) is 15.5. The van der Waals surface area contributed by atoms with Gasteiger partial charge in [-0.2, -0.15) is 4.99 Å². The van der Waals surface area contributed by atoms with Crippen molar-refractivity contribution in [3.05, 3.63) is 59.7 Å². The number of hydrogen-bond acceptors (Lipinski definition) is 4. The van der Waals surface area contributed by atoms with Crippen molar-refractivity contribution in [3.8, 4) is 0 Å². The number of amides is 1. The lowest BCUT2D eigenvalue weighted by Gasteiger charge is -2.04. The molecule has 1 amide bonds. The summed E-state index contributed by atoms with van der Waals surface area (Å²) < 4.78 is 1.03. The Morgan fingerprint density at radius 3 is 2.82 bits per heavy atom. The second-order valence-corrected chi connectivity index (χ2v) is 5.79. The van der Waals surface area contributed by atoms with Gasteiger partial charge in [0, 0.05) is 5.56 Å². The Bertz CT molecular complexity index is 836. The van der Waals surface area contributed by atoms with Gasteiger partial charge in [0.1, 0.15) is 0 Å². The summed E-state index contributed by atoms with van der Waals surface area (Å²) in [6.07, 6.45) is 0. The molecule has 0 unspecified atom stereocenters. The van der Waals surface area contributed by atoms with E-state index in [1.54, 1.807) is 12.1 Å². The number of carbonyl (C=O) groups is 1. The molecule has 6 heteroatoms. The van der Waals surface area contributed by atoms with Crippen molar-refractivity contribution in [1.82, 2.24) is 10.3 Å². The van der Waals surface area contributed by atoms with E-state index in [4.69, 9.17) is 5.73 Å². The Morgan fingerprint density at radius 2 is 2.05 bits per heavy atom. The number of hydrogen-bond donors (Lipinski definition) is 2. The molecule has 0 aliphatic heterocycles. The van der Waals surface area contributed by atoms with Gasteiger partial charge in [0.05, 0.1) is 10.2 Å². The summed E-state index contributed by atoms with van der Waals surface area (Å²) in [5.41, 5.74) is 8.21. The van der Waals surface area contributed by atoms with Crippen molar-refractivity contribution in [2.24, 2.45) is 10.7 Å². The largest absolute Gasteiger partial charge is 0.369 e. The number of aromatic nitrogens is 1. The number of aryl methyl sites for hydroxylation is 1. The molecule has 0 aliphatic carbocycles. The van der Waals surface area contributed by atoms with E-state index in [1.807, 2.05) is 43.3 Å². The summed E-state index contributed by atoms with van der Waals surface area (Å²) in [6, 6.07) is 15.0. The molecule has 0 atom stereocenters. The van der Waals surface area contributed by atoms with Gasteiger partial charge in [-0.1, -0.05) is 41.2 Å². The highest BCUT2D eigenvalue weighted by molar-refractivity contribution is 7.22. The van der Waals surface area contributed by atoms with E-state index in [9.17, 15) is 4.79 Å². The van der Waals surface area contributed by atoms with Gasteiger partial charge in [0.15, 0.2) is 0 Å². The molecule has 1 aromatic heterocycles. The molecule has 0 saturated carbocycles. The van der Waals surface area contributed by atoms with Crippen LogP contribution in [-0.2, 0) is 0 Å². The SMILES string of the molecule is Cc1cccc(C(=O)NC(N)=Nc2nc3ccccc3s2)c1. The van der Waals surface area contributed by atoms with Crippen LogP contribution in [-0.4, -0.2) is 16.9 Å². The standard InChI is InChI=1S/C16H14N4OS/c1-10-5-4-6-11(9-10)14(21)19-15(17)20-16-18-12-7-2-3-8-13(12)22-16/h2-9H,1H3,(H3,17,18,19,20,21). The van der Waals surface area contributed by atoms with Crippen molar-refractivity contribution in [1.29, 1.82) is 0 Å². The molecule has 3 aromatic rings. The van der Waals surface area contributed by atoms with E-state index in [1.165, 1.54) is 11.3 Å². The number of nitrogens with zero attached hydrogens (tertiary/aromatic N) is 2. The van der Waals surface area contributed by atoms with Crippen molar-refractivity contribution in [3.63, 3.8) is 0 Å². The van der Waals surface area contributed by atoms with Crippen LogP contribution in [0.15, 0.2) is 53.5 Å². The molecule has 2 aromatic carbocycles. The zero-order valence-electron chi connectivity index (χ0n) is 11.9. The number of fused-ring (bicyclic) bond motifs is 1. The summed E-state index contributed by atoms with van der Waals surface area (Å²) in [4.78, 5) is 20.6. The third-order valence-corrected chi connectivity index (χ3v) is 3.95. The first kappa shape index (κ1) is 14.2. The summed E-state index contributed by atoms with van der Waals surface area (Å²) in [7, 11) is 0. The smallest absolute Gasteiger partial charge is 0.257 e. The third-order valence-electron chi connectivity index (χ3n) is 3.02. The topological polar surface area (TPSA) is 80.4 Å². The lowest BCUT2D eigenvalue weighted by Crippen LogP contribution is -2.36. The molecular formula is C16H14N4OS. The van der Waals surface area contributed by atoms with Crippen LogP contribution in [0.25, 0.3) is 10.2 Å². The zero-order valence-corrected chi connectivity index (χ0v) is 12.7. The first-order valence-electron chi connectivity index (χ1n) is 6.69. The second-order valence-electron chi connectivity index (χ2n) is 4.78. The third kappa shape index (κ3) is 3.12. The Balaban J connectivity index is 1.78. The normalized spacial score (nSPS) is 11.6. The number of thiazole rings is 1. The van der Waals surface area contributed by atoms with Crippen molar-refractivity contribution >= 4 is 38.6 Å². The number of nitrogens with two attached hydrogens (primary N) is 1. The van der Waals surface area contributed by atoms with Crippen molar-refractivity contribution in [2.75, 3.05) is 0 Å². The number of aliphatic imine (C=N–C) groups is 1.